The summed E-state index contributed by atoms with van der Waals surface area (Å²) >= 11 is 1.45. The minimum absolute atomic E-state index is 0.117. The zero-order chi connectivity index (χ0) is 20.4. The van der Waals surface area contributed by atoms with Gasteiger partial charge in [0.05, 0.1) is 16.3 Å². The molecule has 0 fully saturated rings. The summed E-state index contributed by atoms with van der Waals surface area (Å²) in [6, 6.07) is 10.2. The molecule has 0 aliphatic carbocycles. The standard InChI is InChI=1S/C19H17N5O3S2/c1-12-13(2)23-27-18(12)24-29(25,26)16-7-5-15(6-8-16)21-19-22-17(11-28-19)14-4-3-9-20-10-14/h3-11,24H,1-2H3,(H,21,22). The highest BCUT2D eigenvalue weighted by molar-refractivity contribution is 7.92. The van der Waals surface area contributed by atoms with Crippen LogP contribution < -0.4 is 10.0 Å². The SMILES string of the molecule is Cc1noc(NS(=O)(=O)c2ccc(Nc3nc(-c4cccnc4)cs3)cc2)c1C. The highest BCUT2D eigenvalue weighted by Crippen LogP contribution is 2.27. The number of nitrogens with one attached hydrogen (secondary N) is 2. The second kappa shape index (κ2) is 7.64. The first-order chi connectivity index (χ1) is 13.9. The topological polar surface area (TPSA) is 110 Å². The van der Waals surface area contributed by atoms with E-state index >= 15 is 0 Å². The molecule has 1 aromatic carbocycles. The van der Waals surface area contributed by atoms with Gasteiger partial charge in [-0.25, -0.2) is 18.1 Å². The molecule has 0 unspecified atom stereocenters. The van der Waals surface area contributed by atoms with Gasteiger partial charge in [-0.2, -0.15) is 0 Å². The van der Waals surface area contributed by atoms with E-state index in [0.29, 0.717) is 16.4 Å². The predicted molar refractivity (Wildman–Crippen MR) is 112 cm³/mol. The lowest BCUT2D eigenvalue weighted by molar-refractivity contribution is 0.430. The van der Waals surface area contributed by atoms with Crippen LogP contribution >= 0.6 is 11.3 Å². The van der Waals surface area contributed by atoms with E-state index < -0.39 is 10.0 Å². The zero-order valence-electron chi connectivity index (χ0n) is 15.6. The number of rotatable bonds is 6. The van der Waals surface area contributed by atoms with E-state index in [0.717, 1.165) is 16.9 Å². The van der Waals surface area contributed by atoms with Crippen molar-refractivity contribution in [2.75, 3.05) is 10.0 Å². The Morgan fingerprint density at radius 1 is 1.10 bits per heavy atom. The van der Waals surface area contributed by atoms with Gasteiger partial charge in [0, 0.05) is 34.6 Å². The Balaban J connectivity index is 1.48. The molecule has 0 radical (unpaired) electrons. The van der Waals surface area contributed by atoms with Crippen LogP contribution in [0.15, 0.2) is 63.6 Å². The predicted octanol–water partition coefficient (Wildman–Crippen LogP) is 4.35. The molecule has 0 aliphatic rings. The van der Waals surface area contributed by atoms with E-state index in [1.54, 1.807) is 38.4 Å². The largest absolute Gasteiger partial charge is 0.337 e. The molecule has 0 aliphatic heterocycles. The van der Waals surface area contributed by atoms with Gasteiger partial charge in [-0.15, -0.1) is 11.3 Å². The van der Waals surface area contributed by atoms with E-state index in [-0.39, 0.29) is 10.8 Å². The highest BCUT2D eigenvalue weighted by atomic mass is 32.2. The number of hydrogen-bond donors (Lipinski definition) is 2. The molecule has 2 N–H and O–H groups in total. The number of aryl methyl sites for hydroxylation is 1. The molecule has 0 saturated heterocycles. The Bertz CT molecular complexity index is 1230. The number of thiazole rings is 1. The highest BCUT2D eigenvalue weighted by Gasteiger charge is 2.19. The number of nitrogens with zero attached hydrogens (tertiary/aromatic N) is 3. The Labute approximate surface area is 171 Å². The third kappa shape index (κ3) is 4.13. The lowest BCUT2D eigenvalue weighted by Crippen LogP contribution is -2.13. The maximum absolute atomic E-state index is 12.6. The first-order valence-corrected chi connectivity index (χ1v) is 11.0. The first kappa shape index (κ1) is 19.1. The minimum atomic E-state index is -3.78. The average Bonchev–Trinajstić information content (AvgIpc) is 3.31. The van der Waals surface area contributed by atoms with Crippen molar-refractivity contribution in [1.29, 1.82) is 0 Å². The van der Waals surface area contributed by atoms with Crippen molar-refractivity contribution in [3.63, 3.8) is 0 Å². The van der Waals surface area contributed by atoms with E-state index in [9.17, 15) is 8.42 Å². The molecule has 3 aromatic heterocycles. The molecule has 0 saturated carbocycles. The summed E-state index contributed by atoms with van der Waals surface area (Å²) in [5.41, 5.74) is 3.77. The first-order valence-electron chi connectivity index (χ1n) is 8.61. The van der Waals surface area contributed by atoms with Crippen LogP contribution in [0.2, 0.25) is 0 Å². The summed E-state index contributed by atoms with van der Waals surface area (Å²) in [7, 11) is -3.78. The van der Waals surface area contributed by atoms with Gasteiger partial charge in [-0.1, -0.05) is 5.16 Å². The third-order valence-corrected chi connectivity index (χ3v) is 6.37. The normalized spacial score (nSPS) is 11.4. The van der Waals surface area contributed by atoms with Gasteiger partial charge < -0.3 is 9.84 Å². The van der Waals surface area contributed by atoms with Crippen molar-refractivity contribution < 1.29 is 12.9 Å². The second-order valence-electron chi connectivity index (χ2n) is 6.26. The number of sulfonamides is 1. The minimum Gasteiger partial charge on any atom is -0.337 e. The van der Waals surface area contributed by atoms with E-state index in [2.05, 4.69) is 25.2 Å². The number of hydrogen-bond acceptors (Lipinski definition) is 8. The molecule has 10 heteroatoms. The molecule has 148 valence electrons. The lowest BCUT2D eigenvalue weighted by Gasteiger charge is -2.07. The Hall–Kier alpha value is -3.24. The van der Waals surface area contributed by atoms with Gasteiger partial charge in [0.15, 0.2) is 5.13 Å². The van der Waals surface area contributed by atoms with Crippen LogP contribution in [0.3, 0.4) is 0 Å². The molecule has 0 spiro atoms. The molecule has 29 heavy (non-hydrogen) atoms. The maximum Gasteiger partial charge on any atom is 0.264 e. The summed E-state index contributed by atoms with van der Waals surface area (Å²) in [6.45, 7) is 3.49. The van der Waals surface area contributed by atoms with Crippen LogP contribution in [0.1, 0.15) is 11.3 Å². The van der Waals surface area contributed by atoms with E-state index in [4.69, 9.17) is 4.52 Å². The van der Waals surface area contributed by atoms with Gasteiger partial charge in [-0.3, -0.25) is 4.98 Å². The smallest absolute Gasteiger partial charge is 0.264 e. The summed E-state index contributed by atoms with van der Waals surface area (Å²) < 4.78 is 32.6. The van der Waals surface area contributed by atoms with Gasteiger partial charge in [0.25, 0.3) is 10.0 Å². The maximum atomic E-state index is 12.6. The van der Waals surface area contributed by atoms with E-state index in [1.807, 2.05) is 17.5 Å². The van der Waals surface area contributed by atoms with Crippen molar-refractivity contribution in [2.24, 2.45) is 0 Å². The van der Waals surface area contributed by atoms with Crippen molar-refractivity contribution in [1.82, 2.24) is 15.1 Å². The summed E-state index contributed by atoms with van der Waals surface area (Å²) in [5.74, 6) is 0.121. The van der Waals surface area contributed by atoms with Gasteiger partial charge in [0.2, 0.25) is 5.88 Å². The van der Waals surface area contributed by atoms with Gasteiger partial charge >= 0.3 is 0 Å². The van der Waals surface area contributed by atoms with Crippen molar-refractivity contribution in [3.8, 4) is 11.3 Å². The molecular formula is C19H17N5O3S2. The number of aromatic nitrogens is 3. The van der Waals surface area contributed by atoms with E-state index in [1.165, 1.54) is 23.5 Å². The number of benzene rings is 1. The zero-order valence-corrected chi connectivity index (χ0v) is 17.2. The van der Waals surface area contributed by atoms with Crippen molar-refractivity contribution in [2.45, 2.75) is 18.7 Å². The summed E-state index contributed by atoms with van der Waals surface area (Å²) in [6.07, 6.45) is 3.47. The van der Waals surface area contributed by atoms with Crippen LogP contribution in [0.5, 0.6) is 0 Å². The Morgan fingerprint density at radius 3 is 2.55 bits per heavy atom. The second-order valence-corrected chi connectivity index (χ2v) is 8.80. The Kier molecular flexibility index (Phi) is 5.03. The fraction of sp³-hybridized carbons (Fsp3) is 0.105. The van der Waals surface area contributed by atoms with Gasteiger partial charge in [-0.05, 0) is 50.2 Å². The summed E-state index contributed by atoms with van der Waals surface area (Å²) in [4.78, 5) is 8.74. The van der Waals surface area contributed by atoms with Crippen LogP contribution in [0.4, 0.5) is 16.7 Å². The quantitative estimate of drug-likeness (QED) is 0.470. The number of anilines is 3. The number of pyridine rings is 1. The molecule has 3 heterocycles. The Morgan fingerprint density at radius 2 is 1.90 bits per heavy atom. The van der Waals surface area contributed by atoms with Crippen LogP contribution in [-0.2, 0) is 10.0 Å². The average molecular weight is 428 g/mol. The molecule has 0 amide bonds. The molecule has 4 aromatic rings. The molecule has 4 rings (SSSR count). The van der Waals surface area contributed by atoms with Crippen molar-refractivity contribution >= 4 is 38.1 Å². The van der Waals surface area contributed by atoms with Crippen LogP contribution in [0, 0.1) is 13.8 Å². The fourth-order valence-corrected chi connectivity index (χ4v) is 4.30. The lowest BCUT2D eigenvalue weighted by atomic mass is 10.2. The molecule has 0 bridgehead atoms. The monoisotopic (exact) mass is 427 g/mol. The summed E-state index contributed by atoms with van der Waals surface area (Å²) in [5, 5.41) is 9.57. The van der Waals surface area contributed by atoms with Gasteiger partial charge in [0.1, 0.15) is 0 Å². The van der Waals surface area contributed by atoms with Crippen LogP contribution in [0.25, 0.3) is 11.3 Å². The molecule has 0 atom stereocenters. The molecular weight excluding hydrogens is 410 g/mol. The van der Waals surface area contributed by atoms with Crippen molar-refractivity contribution in [3.05, 3.63) is 65.4 Å². The van der Waals surface area contributed by atoms with Crippen LogP contribution in [-0.4, -0.2) is 23.5 Å². The fourth-order valence-electron chi connectivity index (χ4n) is 2.51. The molecule has 8 nitrogen and oxygen atoms in total. The third-order valence-electron chi connectivity index (χ3n) is 4.26.